The summed E-state index contributed by atoms with van der Waals surface area (Å²) in [4.78, 5) is 19.0. The Morgan fingerprint density at radius 1 is 0.727 bits per heavy atom. The van der Waals surface area contributed by atoms with Crippen LogP contribution in [0.25, 0.3) is 0 Å². The molecule has 0 fully saturated rings. The van der Waals surface area contributed by atoms with E-state index < -0.39 is 34.7 Å². The van der Waals surface area contributed by atoms with Crippen LogP contribution in [-0.4, -0.2) is 51.0 Å². The van der Waals surface area contributed by atoms with Crippen molar-refractivity contribution in [3.8, 4) is 0 Å². The van der Waals surface area contributed by atoms with Crippen LogP contribution in [0.3, 0.4) is 0 Å². The number of rotatable bonds is 8. The van der Waals surface area contributed by atoms with Gasteiger partial charge in [-0.15, -0.1) is 0 Å². The molecule has 5 heteroatoms. The molecule has 0 aliphatic heterocycles. The van der Waals surface area contributed by atoms with E-state index in [-0.39, 0.29) is 0 Å². The Labute approximate surface area is 203 Å². The summed E-state index contributed by atoms with van der Waals surface area (Å²) in [6.07, 6.45) is 0.808. The summed E-state index contributed by atoms with van der Waals surface area (Å²) >= 11 is -2.17. The molecule has 1 unspecified atom stereocenters. The molecular formula is C28H27NO3Pb+. The van der Waals surface area contributed by atoms with Crippen LogP contribution in [0.15, 0.2) is 121 Å². The third kappa shape index (κ3) is 7.68. The van der Waals surface area contributed by atoms with Crippen LogP contribution < -0.4 is 14.7 Å². The summed E-state index contributed by atoms with van der Waals surface area (Å²) in [5.41, 5.74) is 0.924. The summed E-state index contributed by atoms with van der Waals surface area (Å²) < 4.78 is 4.64. The van der Waals surface area contributed by atoms with Crippen molar-refractivity contribution < 1.29 is 14.7 Å². The number of carbonyl (C=O) groups excluding carboxylic acids is 1. The van der Waals surface area contributed by atoms with Gasteiger partial charge in [0.2, 0.25) is 6.41 Å². The van der Waals surface area contributed by atoms with E-state index in [1.165, 1.54) is 0 Å². The van der Waals surface area contributed by atoms with Gasteiger partial charge in [-0.1, -0.05) is 30.3 Å². The first-order valence-corrected chi connectivity index (χ1v) is 16.5. The number of aliphatic carboxylic acids is 1. The predicted octanol–water partition coefficient (Wildman–Crippen LogP) is 2.61. The third-order valence-electron chi connectivity index (χ3n) is 5.05. The molecule has 0 saturated carbocycles. The van der Waals surface area contributed by atoms with E-state index in [9.17, 15) is 4.79 Å². The zero-order valence-corrected chi connectivity index (χ0v) is 22.1. The predicted molar refractivity (Wildman–Crippen MR) is 137 cm³/mol. The fourth-order valence-corrected chi connectivity index (χ4v) is 13.5. The molecule has 4 rings (SSSR count). The standard InChI is InChI=1S/C10H11NO3.3C6H5.Pb/c12-7-11-9(10(13)14)6-8-4-2-1-3-5-8;3*1-2-4-6-5-3-1;/h1-5,7,9H,6H2,(H,11,12)(H,13,14);3*1-5H;/p+1. The fourth-order valence-electron chi connectivity index (χ4n) is 3.47. The molecule has 33 heavy (non-hydrogen) atoms. The molecule has 0 aromatic heterocycles. The molecule has 0 aliphatic rings. The van der Waals surface area contributed by atoms with Crippen LogP contribution >= 0.6 is 0 Å². The van der Waals surface area contributed by atoms with Crippen molar-refractivity contribution in [3.63, 3.8) is 0 Å². The molecule has 1 atom stereocenters. The van der Waals surface area contributed by atoms with E-state index in [0.717, 1.165) is 5.56 Å². The van der Waals surface area contributed by atoms with Gasteiger partial charge in [0, 0.05) is 6.42 Å². The first-order valence-electron chi connectivity index (χ1n) is 10.7. The second kappa shape index (κ2) is 13.3. The normalized spacial score (nSPS) is 11.1. The Morgan fingerprint density at radius 3 is 1.42 bits per heavy atom. The van der Waals surface area contributed by atoms with Gasteiger partial charge in [-0.2, -0.15) is 0 Å². The molecular weight excluding hydrogens is 606 g/mol. The van der Waals surface area contributed by atoms with E-state index in [1.807, 2.05) is 30.3 Å². The van der Waals surface area contributed by atoms with Crippen molar-refractivity contribution in [1.29, 1.82) is 0 Å². The second-order valence-corrected chi connectivity index (χ2v) is 17.0. The number of hydrogen-bond donors (Lipinski definition) is 2. The Balaban J connectivity index is 0.000000196. The Kier molecular flexibility index (Phi) is 9.85. The second-order valence-electron chi connectivity index (χ2n) is 7.36. The first-order chi connectivity index (χ1) is 16.2. The van der Waals surface area contributed by atoms with Crippen molar-refractivity contribution >= 4 is 44.5 Å². The van der Waals surface area contributed by atoms with Crippen LogP contribution in [0.1, 0.15) is 5.56 Å². The van der Waals surface area contributed by atoms with Gasteiger partial charge in [0.25, 0.3) is 0 Å². The summed E-state index contributed by atoms with van der Waals surface area (Å²) in [7, 11) is 0. The molecule has 1 amide bonds. The minimum absolute atomic E-state index is 0.363. The zero-order valence-electron chi connectivity index (χ0n) is 18.2. The Hall–Kier alpha value is -3.26. The quantitative estimate of drug-likeness (QED) is 0.178. The first kappa shape index (κ1) is 24.4. The topological polar surface area (TPSA) is 70.7 Å². The number of hydrogen-bond acceptors (Lipinski definition) is 1. The number of aliphatic hydroxyl groups excluding tert-OH is 1. The molecule has 3 N–H and O–H groups in total. The third-order valence-corrected chi connectivity index (χ3v) is 15.7. The van der Waals surface area contributed by atoms with Crippen molar-refractivity contribution in [3.05, 3.63) is 127 Å². The molecule has 0 saturated heterocycles. The summed E-state index contributed by atoms with van der Waals surface area (Å²) in [5.74, 6) is -0.777. The van der Waals surface area contributed by atoms with Crippen LogP contribution in [0.2, 0.25) is 0 Å². The molecule has 4 aromatic carbocycles. The van der Waals surface area contributed by atoms with E-state index in [0.29, 0.717) is 12.8 Å². The van der Waals surface area contributed by atoms with Crippen molar-refractivity contribution in [2.24, 2.45) is 0 Å². The van der Waals surface area contributed by atoms with Crippen LogP contribution in [0, 0.1) is 0 Å². The minimum atomic E-state index is -2.17. The van der Waals surface area contributed by atoms with E-state index in [4.69, 9.17) is 9.90 Å². The van der Waals surface area contributed by atoms with Gasteiger partial charge in [0.05, 0.1) is 0 Å². The van der Waals surface area contributed by atoms with E-state index in [1.54, 1.807) is 9.37 Å². The molecule has 4 nitrogen and oxygen atoms in total. The summed E-state index contributed by atoms with van der Waals surface area (Å²) in [6.45, 7) is 0. The fraction of sp³-hybridized carbons (Fsp3) is 0.0714. The SMILES string of the molecule is O=CNC(Cc1ccccc1)C(O)=[OH+].c1cc[c]([Pb]([c]2ccccc2)[c]2ccccc2)cc1. The Bertz CT molecular complexity index is 1010. The van der Waals surface area contributed by atoms with Crippen molar-refractivity contribution in [2.45, 2.75) is 12.5 Å². The molecule has 0 spiro atoms. The molecule has 165 valence electrons. The number of carbonyl (C=O) groups is 1. The zero-order chi connectivity index (χ0) is 23.3. The number of amides is 1. The number of nitrogens with one attached hydrogen (secondary N) is 1. The van der Waals surface area contributed by atoms with E-state index >= 15 is 0 Å². The van der Waals surface area contributed by atoms with Gasteiger partial charge in [-0.25, -0.2) is 0 Å². The average Bonchev–Trinajstić information content (AvgIpc) is 2.87. The summed E-state index contributed by atoms with van der Waals surface area (Å²) in [5, 5.41) is 11.2. The Morgan fingerprint density at radius 2 is 1.09 bits per heavy atom. The van der Waals surface area contributed by atoms with Gasteiger partial charge in [0.15, 0.2) is 6.04 Å². The molecule has 0 heterocycles. The molecule has 0 bridgehead atoms. The maximum atomic E-state index is 10.2. The molecule has 0 aliphatic carbocycles. The van der Waals surface area contributed by atoms with Gasteiger partial charge >= 0.3 is 129 Å². The average molecular weight is 633 g/mol. The number of benzene rings is 4. The van der Waals surface area contributed by atoms with Gasteiger partial charge < -0.3 is 15.2 Å². The van der Waals surface area contributed by atoms with Crippen LogP contribution in [-0.2, 0) is 11.2 Å². The molecule has 4 aromatic rings. The van der Waals surface area contributed by atoms with Crippen molar-refractivity contribution in [1.82, 2.24) is 5.32 Å². The molecule has 1 radical (unpaired) electrons. The van der Waals surface area contributed by atoms with Crippen LogP contribution in [0.4, 0.5) is 0 Å². The van der Waals surface area contributed by atoms with Gasteiger partial charge in [-0.3, -0.25) is 4.79 Å². The maximum absolute atomic E-state index is 10.2. The van der Waals surface area contributed by atoms with Gasteiger partial charge in [0.1, 0.15) is 0 Å². The summed E-state index contributed by atoms with van der Waals surface area (Å²) in [6, 6.07) is 41.5. The monoisotopic (exact) mass is 633 g/mol. The number of carboxylic acids is 1. The van der Waals surface area contributed by atoms with Crippen molar-refractivity contribution in [2.75, 3.05) is 0 Å². The van der Waals surface area contributed by atoms with Gasteiger partial charge in [-0.05, 0) is 5.56 Å². The van der Waals surface area contributed by atoms with E-state index in [2.05, 4.69) is 96.3 Å². The van der Waals surface area contributed by atoms with Crippen LogP contribution in [0.5, 0.6) is 0 Å². The number of carboxylic acid groups (broad SMARTS) is 1.